The van der Waals surface area contributed by atoms with Crippen LogP contribution in [-0.2, 0) is 11.2 Å². The lowest BCUT2D eigenvalue weighted by Gasteiger charge is -2.04. The minimum atomic E-state index is 0.227. The van der Waals surface area contributed by atoms with E-state index in [2.05, 4.69) is 9.36 Å². The van der Waals surface area contributed by atoms with Crippen LogP contribution in [0.1, 0.15) is 33.0 Å². The summed E-state index contributed by atoms with van der Waals surface area (Å²) in [5, 5.41) is 0.296. The largest absolute Gasteiger partial charge is 0.300 e. The van der Waals surface area contributed by atoms with Crippen molar-refractivity contribution in [3.05, 3.63) is 5.82 Å². The lowest BCUT2D eigenvalue weighted by molar-refractivity contribution is -0.116. The molecule has 0 spiro atoms. The van der Waals surface area contributed by atoms with Gasteiger partial charge in [-0.05, 0) is 18.5 Å². The van der Waals surface area contributed by atoms with Gasteiger partial charge >= 0.3 is 0 Å². The molecule has 14 heavy (non-hydrogen) atoms. The lowest BCUT2D eigenvalue weighted by Crippen LogP contribution is -2.02. The third kappa shape index (κ3) is 3.75. The number of hydrogen-bond donors (Lipinski definition) is 0. The molecule has 1 atom stereocenters. The number of aromatic nitrogens is 2. The molecule has 3 nitrogen and oxygen atoms in total. The molecule has 1 unspecified atom stereocenters. The molecular weight excluding hydrogens is 216 g/mol. The average molecular weight is 230 g/mol. The first-order valence-electron chi connectivity index (χ1n) is 4.60. The Labute approximate surface area is 92.5 Å². The molecule has 1 aromatic heterocycles. The molecule has 0 saturated carbocycles. The van der Waals surface area contributed by atoms with E-state index in [1.807, 2.05) is 13.8 Å². The van der Waals surface area contributed by atoms with E-state index in [4.69, 9.17) is 0 Å². The second kappa shape index (κ2) is 5.46. The van der Waals surface area contributed by atoms with Gasteiger partial charge in [0, 0.05) is 18.1 Å². The number of Topliss-reactive ketones (excluding diaryl/α,β-unsaturated/α-hetero) is 1. The van der Waals surface area contributed by atoms with Gasteiger partial charge in [0.15, 0.2) is 4.34 Å². The summed E-state index contributed by atoms with van der Waals surface area (Å²) in [6, 6.07) is 0. The summed E-state index contributed by atoms with van der Waals surface area (Å²) >= 11 is 3.05. The van der Waals surface area contributed by atoms with E-state index in [1.54, 1.807) is 18.7 Å². The van der Waals surface area contributed by atoms with Crippen LogP contribution in [0.3, 0.4) is 0 Å². The van der Waals surface area contributed by atoms with Crippen molar-refractivity contribution in [1.29, 1.82) is 0 Å². The number of thioether (sulfide) groups is 1. The fourth-order valence-electron chi connectivity index (χ4n) is 1.05. The van der Waals surface area contributed by atoms with Crippen LogP contribution >= 0.6 is 23.3 Å². The molecule has 0 amide bonds. The van der Waals surface area contributed by atoms with Gasteiger partial charge in [-0.1, -0.05) is 25.6 Å². The SMILES string of the molecule is CCc1nsc(SC(C)CC(C)=O)n1. The molecule has 1 rings (SSSR count). The van der Waals surface area contributed by atoms with E-state index in [0.717, 1.165) is 16.6 Å². The highest BCUT2D eigenvalue weighted by molar-refractivity contribution is 8.01. The Hall–Kier alpha value is -0.420. The van der Waals surface area contributed by atoms with Crippen LogP contribution in [0.2, 0.25) is 0 Å². The Kier molecular flexibility index (Phi) is 4.54. The molecule has 0 saturated heterocycles. The molecule has 0 aliphatic carbocycles. The normalized spacial score (nSPS) is 12.8. The topological polar surface area (TPSA) is 42.9 Å². The highest BCUT2D eigenvalue weighted by Gasteiger charge is 2.10. The second-order valence-corrected chi connectivity index (χ2v) is 5.60. The zero-order valence-corrected chi connectivity index (χ0v) is 10.2. The molecule has 1 heterocycles. The van der Waals surface area contributed by atoms with E-state index >= 15 is 0 Å². The number of ketones is 1. The van der Waals surface area contributed by atoms with E-state index in [-0.39, 0.29) is 5.78 Å². The molecule has 0 aliphatic heterocycles. The van der Waals surface area contributed by atoms with Crippen LogP contribution < -0.4 is 0 Å². The van der Waals surface area contributed by atoms with Crippen LogP contribution in [0.25, 0.3) is 0 Å². The Bertz CT molecular complexity index is 312. The van der Waals surface area contributed by atoms with Crippen LogP contribution in [0.15, 0.2) is 4.34 Å². The van der Waals surface area contributed by atoms with Crippen LogP contribution in [0.5, 0.6) is 0 Å². The Morgan fingerprint density at radius 3 is 2.86 bits per heavy atom. The summed E-state index contributed by atoms with van der Waals surface area (Å²) < 4.78 is 5.16. The molecule has 0 N–H and O–H groups in total. The summed E-state index contributed by atoms with van der Waals surface area (Å²) in [5.41, 5.74) is 0. The van der Waals surface area contributed by atoms with Gasteiger partial charge in [0.2, 0.25) is 0 Å². The number of carbonyl (C=O) groups excluding carboxylic acids is 1. The van der Waals surface area contributed by atoms with Crippen molar-refractivity contribution in [2.45, 2.75) is 43.2 Å². The summed E-state index contributed by atoms with van der Waals surface area (Å²) in [7, 11) is 0. The molecule has 0 aliphatic rings. The van der Waals surface area contributed by atoms with Crippen molar-refractivity contribution in [3.63, 3.8) is 0 Å². The van der Waals surface area contributed by atoms with Gasteiger partial charge in [0.1, 0.15) is 11.6 Å². The molecule has 78 valence electrons. The number of rotatable bonds is 5. The van der Waals surface area contributed by atoms with Crippen molar-refractivity contribution < 1.29 is 4.79 Å². The maximum atomic E-state index is 10.9. The highest BCUT2D eigenvalue weighted by Crippen LogP contribution is 2.26. The van der Waals surface area contributed by atoms with Crippen molar-refractivity contribution >= 4 is 29.1 Å². The predicted octanol–water partition coefficient (Wildman–Crippen LogP) is 2.56. The lowest BCUT2D eigenvalue weighted by atomic mass is 10.2. The Morgan fingerprint density at radius 1 is 1.64 bits per heavy atom. The molecule has 5 heteroatoms. The second-order valence-electron chi connectivity index (χ2n) is 3.16. The van der Waals surface area contributed by atoms with Gasteiger partial charge in [0.05, 0.1) is 0 Å². The van der Waals surface area contributed by atoms with Crippen molar-refractivity contribution in [2.75, 3.05) is 0 Å². The first kappa shape index (κ1) is 11.7. The first-order chi connectivity index (χ1) is 6.61. The minimum absolute atomic E-state index is 0.227. The van der Waals surface area contributed by atoms with Gasteiger partial charge in [-0.25, -0.2) is 4.98 Å². The number of hydrogen-bond acceptors (Lipinski definition) is 5. The van der Waals surface area contributed by atoms with Crippen LogP contribution in [0.4, 0.5) is 0 Å². The zero-order valence-electron chi connectivity index (χ0n) is 8.61. The van der Waals surface area contributed by atoms with Crippen molar-refractivity contribution in [2.24, 2.45) is 0 Å². The van der Waals surface area contributed by atoms with Gasteiger partial charge in [-0.3, -0.25) is 4.79 Å². The van der Waals surface area contributed by atoms with Crippen LogP contribution in [-0.4, -0.2) is 20.4 Å². The van der Waals surface area contributed by atoms with Gasteiger partial charge in [0.25, 0.3) is 0 Å². The van der Waals surface area contributed by atoms with Crippen molar-refractivity contribution in [1.82, 2.24) is 9.36 Å². The van der Waals surface area contributed by atoms with Gasteiger partial charge in [-0.15, -0.1) is 0 Å². The minimum Gasteiger partial charge on any atom is -0.300 e. The molecule has 0 aromatic carbocycles. The van der Waals surface area contributed by atoms with E-state index < -0.39 is 0 Å². The molecule has 0 bridgehead atoms. The average Bonchev–Trinajstić information content (AvgIpc) is 2.50. The molecule has 0 fully saturated rings. The number of aryl methyl sites for hydroxylation is 1. The summed E-state index contributed by atoms with van der Waals surface area (Å²) in [5.74, 6) is 1.12. The maximum Gasteiger partial charge on any atom is 0.170 e. The predicted molar refractivity (Wildman–Crippen MR) is 59.9 cm³/mol. The molecule has 0 radical (unpaired) electrons. The summed E-state index contributed by atoms with van der Waals surface area (Å²) in [6.07, 6.45) is 1.48. The fraction of sp³-hybridized carbons (Fsp3) is 0.667. The standard InChI is InChI=1S/C9H14N2OS2/c1-4-8-10-9(14-11-8)13-7(3)5-6(2)12/h7H,4-5H2,1-3H3. The van der Waals surface area contributed by atoms with Gasteiger partial charge in [-0.2, -0.15) is 4.37 Å². The maximum absolute atomic E-state index is 10.9. The third-order valence-corrected chi connectivity index (χ3v) is 3.57. The van der Waals surface area contributed by atoms with Gasteiger partial charge < -0.3 is 0 Å². The number of nitrogens with zero attached hydrogens (tertiary/aromatic N) is 2. The molecule has 1 aromatic rings. The van der Waals surface area contributed by atoms with Crippen molar-refractivity contribution in [3.8, 4) is 0 Å². The third-order valence-electron chi connectivity index (χ3n) is 1.64. The summed E-state index contributed by atoms with van der Waals surface area (Å²) in [4.78, 5) is 15.2. The van der Waals surface area contributed by atoms with E-state index in [1.165, 1.54) is 11.5 Å². The first-order valence-corrected chi connectivity index (χ1v) is 6.25. The fourth-order valence-corrected chi connectivity index (χ4v) is 3.14. The quantitative estimate of drug-likeness (QED) is 0.729. The van der Waals surface area contributed by atoms with Crippen LogP contribution in [0, 0.1) is 0 Å². The summed E-state index contributed by atoms with van der Waals surface area (Å²) in [6.45, 7) is 5.70. The van der Waals surface area contributed by atoms with E-state index in [9.17, 15) is 4.79 Å². The zero-order chi connectivity index (χ0) is 10.6. The Balaban J connectivity index is 2.47. The van der Waals surface area contributed by atoms with E-state index in [0.29, 0.717) is 11.7 Å². The smallest absolute Gasteiger partial charge is 0.170 e. The Morgan fingerprint density at radius 2 is 2.36 bits per heavy atom. The highest BCUT2D eigenvalue weighted by atomic mass is 32.2. The number of carbonyl (C=O) groups is 1. The monoisotopic (exact) mass is 230 g/mol. The molecular formula is C9H14N2OS2.